The van der Waals surface area contributed by atoms with Crippen molar-refractivity contribution in [2.24, 2.45) is 17.6 Å². The normalized spacial score (nSPS) is 26.2. The fourth-order valence-electron chi connectivity index (χ4n) is 2.37. The van der Waals surface area contributed by atoms with Gasteiger partial charge in [0.05, 0.1) is 6.10 Å². The zero-order valence-electron chi connectivity index (χ0n) is 10.4. The molecule has 3 N–H and O–H groups in total. The van der Waals surface area contributed by atoms with Crippen molar-refractivity contribution in [3.05, 3.63) is 0 Å². The lowest BCUT2D eigenvalue weighted by molar-refractivity contribution is -0.135. The molecule has 4 nitrogen and oxygen atoms in total. The summed E-state index contributed by atoms with van der Waals surface area (Å²) >= 11 is 0. The minimum Gasteiger partial charge on any atom is -0.393 e. The Bertz CT molecular complexity index is 231. The standard InChI is InChI=1S/C12H24N2O2/c1-9(2)7-10-8-14(6-4-11(10)15)12(16)3-5-13/h9-11,15H,3-8,13H2,1-2H3/t10-,11-/m0/s1. The Morgan fingerprint density at radius 2 is 2.25 bits per heavy atom. The van der Waals surface area contributed by atoms with E-state index in [1.54, 1.807) is 0 Å². The third kappa shape index (κ3) is 3.76. The fraction of sp³-hybridized carbons (Fsp3) is 0.917. The highest BCUT2D eigenvalue weighted by Crippen LogP contribution is 2.24. The summed E-state index contributed by atoms with van der Waals surface area (Å²) in [5, 5.41) is 9.88. The molecule has 0 aromatic rings. The number of carbonyl (C=O) groups is 1. The van der Waals surface area contributed by atoms with Crippen LogP contribution >= 0.6 is 0 Å². The molecule has 0 aromatic carbocycles. The number of hydrogen-bond acceptors (Lipinski definition) is 3. The van der Waals surface area contributed by atoms with Crippen LogP contribution in [-0.2, 0) is 4.79 Å². The van der Waals surface area contributed by atoms with Gasteiger partial charge in [0.15, 0.2) is 0 Å². The molecule has 0 saturated carbocycles. The lowest BCUT2D eigenvalue weighted by Crippen LogP contribution is -2.46. The average Bonchev–Trinajstić information content (AvgIpc) is 2.21. The third-order valence-electron chi connectivity index (χ3n) is 3.18. The zero-order chi connectivity index (χ0) is 12.1. The summed E-state index contributed by atoms with van der Waals surface area (Å²) in [7, 11) is 0. The van der Waals surface area contributed by atoms with Crippen LogP contribution in [0.1, 0.15) is 33.1 Å². The van der Waals surface area contributed by atoms with Gasteiger partial charge in [0.1, 0.15) is 0 Å². The highest BCUT2D eigenvalue weighted by atomic mass is 16.3. The monoisotopic (exact) mass is 228 g/mol. The summed E-state index contributed by atoms with van der Waals surface area (Å²) in [6, 6.07) is 0. The molecule has 1 rings (SSSR count). The number of hydrogen-bond donors (Lipinski definition) is 2. The SMILES string of the molecule is CC(C)C[C@H]1CN(C(=O)CCN)CC[C@@H]1O. The quantitative estimate of drug-likeness (QED) is 0.740. The summed E-state index contributed by atoms with van der Waals surface area (Å²) < 4.78 is 0. The maximum atomic E-state index is 11.7. The van der Waals surface area contributed by atoms with E-state index in [0.717, 1.165) is 6.42 Å². The molecule has 0 unspecified atom stereocenters. The second kappa shape index (κ2) is 6.21. The first kappa shape index (κ1) is 13.5. The van der Waals surface area contributed by atoms with Crippen LogP contribution in [-0.4, -0.2) is 41.7 Å². The molecule has 1 saturated heterocycles. The second-order valence-corrected chi connectivity index (χ2v) is 5.12. The molecule has 1 heterocycles. The first-order chi connectivity index (χ1) is 7.54. The number of aliphatic hydroxyl groups is 1. The number of rotatable bonds is 4. The van der Waals surface area contributed by atoms with Crippen LogP contribution in [0.25, 0.3) is 0 Å². The Labute approximate surface area is 97.8 Å². The molecule has 1 amide bonds. The Morgan fingerprint density at radius 3 is 2.81 bits per heavy atom. The number of piperidine rings is 1. The topological polar surface area (TPSA) is 66.6 Å². The number of aliphatic hydroxyl groups excluding tert-OH is 1. The Balaban J connectivity index is 2.49. The molecule has 1 fully saturated rings. The molecule has 0 aliphatic carbocycles. The molecule has 1 aliphatic heterocycles. The molecular formula is C12H24N2O2. The van der Waals surface area contributed by atoms with Crippen LogP contribution in [0.5, 0.6) is 0 Å². The van der Waals surface area contributed by atoms with E-state index in [-0.39, 0.29) is 17.9 Å². The number of carbonyl (C=O) groups excluding carboxylic acids is 1. The Kier molecular flexibility index (Phi) is 5.22. The molecule has 16 heavy (non-hydrogen) atoms. The molecule has 1 aliphatic rings. The summed E-state index contributed by atoms with van der Waals surface area (Å²) in [5.74, 6) is 0.919. The maximum Gasteiger partial charge on any atom is 0.223 e. The molecule has 4 heteroatoms. The van der Waals surface area contributed by atoms with Gasteiger partial charge in [0.25, 0.3) is 0 Å². The predicted molar refractivity (Wildman–Crippen MR) is 63.8 cm³/mol. The van der Waals surface area contributed by atoms with Crippen LogP contribution in [0.2, 0.25) is 0 Å². The van der Waals surface area contributed by atoms with Gasteiger partial charge in [-0.25, -0.2) is 0 Å². The van der Waals surface area contributed by atoms with Crippen LogP contribution in [0.4, 0.5) is 0 Å². The third-order valence-corrected chi connectivity index (χ3v) is 3.18. The number of likely N-dealkylation sites (tertiary alicyclic amines) is 1. The van der Waals surface area contributed by atoms with Gasteiger partial charge in [-0.05, 0) is 18.8 Å². The van der Waals surface area contributed by atoms with Crippen molar-refractivity contribution >= 4 is 5.91 Å². The van der Waals surface area contributed by atoms with E-state index in [4.69, 9.17) is 5.73 Å². The van der Waals surface area contributed by atoms with Crippen molar-refractivity contribution in [1.29, 1.82) is 0 Å². The zero-order valence-corrected chi connectivity index (χ0v) is 10.4. The smallest absolute Gasteiger partial charge is 0.223 e. The number of amides is 1. The van der Waals surface area contributed by atoms with Gasteiger partial charge >= 0.3 is 0 Å². The van der Waals surface area contributed by atoms with E-state index in [1.165, 1.54) is 0 Å². The van der Waals surface area contributed by atoms with E-state index in [1.807, 2.05) is 4.90 Å². The van der Waals surface area contributed by atoms with Crippen molar-refractivity contribution in [1.82, 2.24) is 4.90 Å². The molecule has 0 aromatic heterocycles. The van der Waals surface area contributed by atoms with E-state index in [9.17, 15) is 9.90 Å². The van der Waals surface area contributed by atoms with Gasteiger partial charge < -0.3 is 15.7 Å². The van der Waals surface area contributed by atoms with Crippen LogP contribution in [0.15, 0.2) is 0 Å². The van der Waals surface area contributed by atoms with Crippen LogP contribution in [0.3, 0.4) is 0 Å². The van der Waals surface area contributed by atoms with Crippen LogP contribution in [0, 0.1) is 11.8 Å². The molecule has 94 valence electrons. The van der Waals surface area contributed by atoms with Crippen LogP contribution < -0.4 is 5.73 Å². The largest absolute Gasteiger partial charge is 0.393 e. The lowest BCUT2D eigenvalue weighted by atomic mass is 9.87. The summed E-state index contributed by atoms with van der Waals surface area (Å²) in [4.78, 5) is 13.6. The molecule has 0 spiro atoms. The molecule has 0 radical (unpaired) electrons. The molecule has 0 bridgehead atoms. The number of nitrogens with two attached hydrogens (primary N) is 1. The summed E-state index contributed by atoms with van der Waals surface area (Å²) in [5.41, 5.74) is 5.38. The first-order valence-corrected chi connectivity index (χ1v) is 6.20. The lowest BCUT2D eigenvalue weighted by Gasteiger charge is -2.37. The predicted octanol–water partition coefficient (Wildman–Crippen LogP) is 0.591. The van der Waals surface area contributed by atoms with Crippen molar-refractivity contribution in [3.8, 4) is 0 Å². The highest BCUT2D eigenvalue weighted by molar-refractivity contribution is 5.76. The van der Waals surface area contributed by atoms with Crippen molar-refractivity contribution < 1.29 is 9.90 Å². The van der Waals surface area contributed by atoms with E-state index >= 15 is 0 Å². The highest BCUT2D eigenvalue weighted by Gasteiger charge is 2.29. The van der Waals surface area contributed by atoms with Gasteiger partial charge in [0, 0.05) is 32.0 Å². The van der Waals surface area contributed by atoms with Gasteiger partial charge in [0.2, 0.25) is 5.91 Å². The van der Waals surface area contributed by atoms with Gasteiger partial charge in [-0.1, -0.05) is 13.8 Å². The minimum absolute atomic E-state index is 0.128. The maximum absolute atomic E-state index is 11.7. The molecular weight excluding hydrogens is 204 g/mol. The summed E-state index contributed by atoms with van der Waals surface area (Å²) in [6.07, 6.45) is 1.86. The average molecular weight is 228 g/mol. The minimum atomic E-state index is -0.246. The van der Waals surface area contributed by atoms with Crippen molar-refractivity contribution in [3.63, 3.8) is 0 Å². The Hall–Kier alpha value is -0.610. The van der Waals surface area contributed by atoms with E-state index in [2.05, 4.69) is 13.8 Å². The second-order valence-electron chi connectivity index (χ2n) is 5.12. The first-order valence-electron chi connectivity index (χ1n) is 6.20. The van der Waals surface area contributed by atoms with Crippen molar-refractivity contribution in [2.45, 2.75) is 39.2 Å². The number of nitrogens with zero attached hydrogens (tertiary/aromatic N) is 1. The summed E-state index contributed by atoms with van der Waals surface area (Å²) in [6.45, 7) is 6.07. The van der Waals surface area contributed by atoms with E-state index in [0.29, 0.717) is 38.4 Å². The Morgan fingerprint density at radius 1 is 1.56 bits per heavy atom. The van der Waals surface area contributed by atoms with Gasteiger partial charge in [-0.3, -0.25) is 4.79 Å². The van der Waals surface area contributed by atoms with Crippen molar-refractivity contribution in [2.75, 3.05) is 19.6 Å². The van der Waals surface area contributed by atoms with Gasteiger partial charge in [-0.15, -0.1) is 0 Å². The van der Waals surface area contributed by atoms with Gasteiger partial charge in [-0.2, -0.15) is 0 Å². The molecule has 2 atom stereocenters. The fourth-order valence-corrected chi connectivity index (χ4v) is 2.37. The van der Waals surface area contributed by atoms with E-state index < -0.39 is 0 Å².